The second-order valence-electron chi connectivity index (χ2n) is 3.29. The van der Waals surface area contributed by atoms with E-state index in [0.29, 0.717) is 4.80 Å². The van der Waals surface area contributed by atoms with Gasteiger partial charge in [-0.15, -0.1) is 16.3 Å². The average Bonchev–Trinajstić information content (AvgIpc) is 2.65. The molecule has 0 fully saturated rings. The van der Waals surface area contributed by atoms with E-state index >= 15 is 0 Å². The Labute approximate surface area is 96.1 Å². The summed E-state index contributed by atoms with van der Waals surface area (Å²) < 4.78 is 1.76. The molecule has 5 heteroatoms. The van der Waals surface area contributed by atoms with Crippen LogP contribution in [0.15, 0.2) is 40.8 Å². The lowest BCUT2D eigenvalue weighted by atomic mass is 10.2. The molecule has 0 aliphatic rings. The van der Waals surface area contributed by atoms with Crippen LogP contribution in [0.3, 0.4) is 0 Å². The molecule has 1 heterocycles. The van der Waals surface area contributed by atoms with Crippen molar-refractivity contribution >= 4 is 17.4 Å². The van der Waals surface area contributed by atoms with Gasteiger partial charge in [-0.05, 0) is 24.6 Å². The van der Waals surface area contributed by atoms with Gasteiger partial charge in [0.05, 0.1) is 0 Å². The first-order valence-corrected chi connectivity index (χ1v) is 5.55. The van der Waals surface area contributed by atoms with E-state index in [1.165, 1.54) is 11.3 Å². The Morgan fingerprint density at radius 2 is 2.31 bits per heavy atom. The molecule has 0 saturated heterocycles. The van der Waals surface area contributed by atoms with Crippen molar-refractivity contribution in [1.82, 2.24) is 4.57 Å². The van der Waals surface area contributed by atoms with Crippen molar-refractivity contribution in [2.45, 2.75) is 6.92 Å². The van der Waals surface area contributed by atoms with Crippen LogP contribution >= 0.6 is 11.3 Å². The van der Waals surface area contributed by atoms with Crippen molar-refractivity contribution < 1.29 is 9.90 Å². The third kappa shape index (κ3) is 2.20. The first-order valence-electron chi connectivity index (χ1n) is 4.67. The molecule has 0 aliphatic heterocycles. The molecule has 0 saturated carbocycles. The number of aromatic nitrogens is 1. The maximum absolute atomic E-state index is 10.5. The molecule has 82 valence electrons. The van der Waals surface area contributed by atoms with Gasteiger partial charge in [-0.2, -0.15) is 0 Å². The zero-order chi connectivity index (χ0) is 11.5. The van der Waals surface area contributed by atoms with Crippen molar-refractivity contribution in [3.8, 4) is 5.69 Å². The lowest BCUT2D eigenvalue weighted by Gasteiger charge is -2.02. The van der Waals surface area contributed by atoms with Crippen molar-refractivity contribution in [2.24, 2.45) is 4.99 Å². The normalized spacial score (nSPS) is 11.7. The number of rotatable bonds is 1. The number of aryl methyl sites for hydroxylation is 1. The van der Waals surface area contributed by atoms with E-state index in [1.807, 2.05) is 36.6 Å². The summed E-state index contributed by atoms with van der Waals surface area (Å²) in [6.07, 6.45) is 0.630. The summed E-state index contributed by atoms with van der Waals surface area (Å²) >= 11 is 1.29. The number of amides is 1. The summed E-state index contributed by atoms with van der Waals surface area (Å²) in [4.78, 5) is 14.5. The predicted molar refractivity (Wildman–Crippen MR) is 62.0 cm³/mol. The molecule has 4 nitrogen and oxygen atoms in total. The highest BCUT2D eigenvalue weighted by Gasteiger charge is 2.00. The Kier molecular flexibility index (Phi) is 2.87. The Morgan fingerprint density at radius 1 is 1.50 bits per heavy atom. The lowest BCUT2D eigenvalue weighted by Crippen LogP contribution is -2.13. The fourth-order valence-electron chi connectivity index (χ4n) is 1.41. The van der Waals surface area contributed by atoms with Crippen molar-refractivity contribution in [3.63, 3.8) is 0 Å². The fraction of sp³-hybridized carbons (Fsp3) is 0.0909. The van der Waals surface area contributed by atoms with E-state index in [1.54, 1.807) is 10.8 Å². The Hall–Kier alpha value is -1.88. The monoisotopic (exact) mass is 234 g/mol. The smallest absolute Gasteiger partial charge is 0.433 e. The van der Waals surface area contributed by atoms with Crippen LogP contribution in [0.4, 0.5) is 4.79 Å². The number of hydrogen-bond acceptors (Lipinski definition) is 2. The molecule has 0 aliphatic carbocycles. The maximum atomic E-state index is 10.5. The summed E-state index contributed by atoms with van der Waals surface area (Å²) in [5.41, 5.74) is 2.04. The average molecular weight is 234 g/mol. The Bertz CT molecular complexity index is 583. The van der Waals surface area contributed by atoms with Gasteiger partial charge in [0.15, 0.2) is 0 Å². The molecule has 0 radical (unpaired) electrons. The quantitative estimate of drug-likeness (QED) is 0.823. The predicted octanol–water partition coefficient (Wildman–Crippen LogP) is 2.43. The standard InChI is InChI=1S/C11H10N2O2S/c1-8-3-2-4-9(7-8)13-5-6-16-10(13)12-11(14)15/h2-7H,1H3,(H,14,15). The maximum Gasteiger partial charge on any atom is 0.433 e. The molecule has 1 N–H and O–H groups in total. The van der Waals surface area contributed by atoms with Crippen molar-refractivity contribution in [1.29, 1.82) is 0 Å². The summed E-state index contributed by atoms with van der Waals surface area (Å²) in [5, 5.41) is 10.4. The molecule has 1 aromatic heterocycles. The van der Waals surface area contributed by atoms with E-state index < -0.39 is 6.09 Å². The summed E-state index contributed by atoms with van der Waals surface area (Å²) in [6, 6.07) is 7.82. The number of benzene rings is 1. The molecule has 0 bridgehead atoms. The van der Waals surface area contributed by atoms with Crippen molar-refractivity contribution in [2.75, 3.05) is 0 Å². The van der Waals surface area contributed by atoms with E-state index in [0.717, 1.165) is 11.3 Å². The molecule has 2 rings (SSSR count). The van der Waals surface area contributed by atoms with Crippen LogP contribution in [0.25, 0.3) is 5.69 Å². The van der Waals surface area contributed by atoms with Gasteiger partial charge in [0.1, 0.15) is 0 Å². The van der Waals surface area contributed by atoms with Crippen LogP contribution in [-0.2, 0) is 0 Å². The summed E-state index contributed by atoms with van der Waals surface area (Å²) in [5.74, 6) is 0. The van der Waals surface area contributed by atoms with E-state index in [2.05, 4.69) is 4.99 Å². The SMILES string of the molecule is Cc1cccc(-n2ccsc2=NC(=O)O)c1. The first kappa shape index (κ1) is 10.6. The molecular formula is C11H10N2O2S. The van der Waals surface area contributed by atoms with Crippen LogP contribution in [0.2, 0.25) is 0 Å². The highest BCUT2D eigenvalue weighted by molar-refractivity contribution is 7.07. The third-order valence-corrected chi connectivity index (χ3v) is 2.82. The Morgan fingerprint density at radius 3 is 3.00 bits per heavy atom. The van der Waals surface area contributed by atoms with E-state index in [4.69, 9.17) is 5.11 Å². The van der Waals surface area contributed by atoms with Crippen LogP contribution in [-0.4, -0.2) is 15.8 Å². The number of carboxylic acid groups (broad SMARTS) is 1. The first-order chi connectivity index (χ1) is 7.66. The molecule has 1 aromatic carbocycles. The molecule has 16 heavy (non-hydrogen) atoms. The van der Waals surface area contributed by atoms with Crippen LogP contribution < -0.4 is 4.80 Å². The number of nitrogens with zero attached hydrogens (tertiary/aromatic N) is 2. The molecule has 0 atom stereocenters. The summed E-state index contributed by atoms with van der Waals surface area (Å²) in [6.45, 7) is 1.99. The van der Waals surface area contributed by atoms with Gasteiger partial charge < -0.3 is 5.11 Å². The fourth-order valence-corrected chi connectivity index (χ4v) is 2.12. The molecular weight excluding hydrogens is 224 g/mol. The molecule has 1 amide bonds. The Balaban J connectivity index is 2.57. The second-order valence-corrected chi connectivity index (χ2v) is 4.16. The van der Waals surface area contributed by atoms with E-state index in [-0.39, 0.29) is 0 Å². The van der Waals surface area contributed by atoms with Crippen LogP contribution in [0.1, 0.15) is 5.56 Å². The zero-order valence-corrected chi connectivity index (χ0v) is 9.44. The number of thiazole rings is 1. The van der Waals surface area contributed by atoms with Gasteiger partial charge in [-0.3, -0.25) is 4.57 Å². The number of carbonyl (C=O) groups is 1. The van der Waals surface area contributed by atoms with E-state index in [9.17, 15) is 4.79 Å². The molecule has 0 unspecified atom stereocenters. The van der Waals surface area contributed by atoms with Crippen LogP contribution in [0.5, 0.6) is 0 Å². The van der Waals surface area contributed by atoms with Crippen LogP contribution in [0, 0.1) is 6.92 Å². The third-order valence-electron chi connectivity index (χ3n) is 2.06. The zero-order valence-electron chi connectivity index (χ0n) is 8.62. The largest absolute Gasteiger partial charge is 0.463 e. The minimum Gasteiger partial charge on any atom is -0.463 e. The lowest BCUT2D eigenvalue weighted by molar-refractivity contribution is 0.204. The topological polar surface area (TPSA) is 54.6 Å². The molecule has 0 spiro atoms. The minimum atomic E-state index is -1.18. The van der Waals surface area contributed by atoms with Gasteiger partial charge >= 0.3 is 6.09 Å². The van der Waals surface area contributed by atoms with Gasteiger partial charge in [0.2, 0.25) is 4.80 Å². The summed E-state index contributed by atoms with van der Waals surface area (Å²) in [7, 11) is 0. The minimum absolute atomic E-state index is 0.457. The van der Waals surface area contributed by atoms with Gasteiger partial charge in [-0.1, -0.05) is 12.1 Å². The number of hydrogen-bond donors (Lipinski definition) is 1. The van der Waals surface area contributed by atoms with Gasteiger partial charge in [0, 0.05) is 17.3 Å². The van der Waals surface area contributed by atoms with Gasteiger partial charge in [-0.25, -0.2) is 4.79 Å². The molecule has 2 aromatic rings. The highest BCUT2D eigenvalue weighted by Crippen LogP contribution is 2.08. The highest BCUT2D eigenvalue weighted by atomic mass is 32.1. The van der Waals surface area contributed by atoms with Gasteiger partial charge in [0.25, 0.3) is 0 Å². The van der Waals surface area contributed by atoms with Crippen molar-refractivity contribution in [3.05, 3.63) is 46.2 Å². The second kappa shape index (κ2) is 4.32.